The Labute approximate surface area is 785 Å². The van der Waals surface area contributed by atoms with Crippen molar-refractivity contribution >= 4 is 68.0 Å². The van der Waals surface area contributed by atoms with Crippen LogP contribution in [-0.4, -0.2) is 0 Å². The highest BCUT2D eigenvalue weighted by atomic mass is 32.1. The zero-order valence-electron chi connectivity index (χ0n) is 77.9. The van der Waals surface area contributed by atoms with Gasteiger partial charge in [-0.15, -0.1) is 68.0 Å². The van der Waals surface area contributed by atoms with Crippen molar-refractivity contribution in [2.75, 3.05) is 0 Å². The third-order valence-electron chi connectivity index (χ3n) is 24.5. The molecule has 0 aliphatic carbocycles. The molecule has 650 valence electrons. The lowest BCUT2D eigenvalue weighted by atomic mass is 9.94. The Kier molecular flexibility index (Phi) is 39.0. The van der Waals surface area contributed by atoms with Crippen molar-refractivity contribution in [2.45, 2.75) is 314 Å². The second-order valence-corrected chi connectivity index (χ2v) is 40.1. The van der Waals surface area contributed by atoms with Gasteiger partial charge in [0.2, 0.25) is 0 Å². The maximum Gasteiger partial charge on any atom is 0.0813 e. The lowest BCUT2D eigenvalue weighted by Gasteiger charge is -2.10. The van der Waals surface area contributed by atoms with Gasteiger partial charge in [0.15, 0.2) is 0 Å². The summed E-state index contributed by atoms with van der Waals surface area (Å²) in [6.07, 6.45) is 41.3. The predicted molar refractivity (Wildman–Crippen MR) is 559 cm³/mol. The average molecular weight is 1770 g/mol. The number of unbranched alkanes of at least 4 members (excludes halogenated alkanes) is 12. The summed E-state index contributed by atoms with van der Waals surface area (Å²) in [6.45, 7) is 27.8. The minimum atomic E-state index is 1.04. The van der Waals surface area contributed by atoms with Gasteiger partial charge in [0.05, 0.1) is 29.3 Å². The number of benzene rings is 6. The van der Waals surface area contributed by atoms with E-state index in [4.69, 9.17) is 0 Å². The molecule has 12 rings (SSSR count). The molecule has 0 aliphatic heterocycles. The van der Waals surface area contributed by atoms with Crippen molar-refractivity contribution in [1.82, 2.24) is 0 Å². The van der Waals surface area contributed by atoms with Crippen molar-refractivity contribution in [3.8, 4) is 124 Å². The first-order valence-electron chi connectivity index (χ1n) is 48.5. The molecule has 6 aromatic heterocycles. The molecule has 0 fully saturated rings. The van der Waals surface area contributed by atoms with E-state index in [1.807, 2.05) is 68.0 Å². The van der Waals surface area contributed by atoms with E-state index in [-0.39, 0.29) is 0 Å². The van der Waals surface area contributed by atoms with Crippen LogP contribution in [-0.2, 0) is 77.0 Å². The van der Waals surface area contributed by atoms with Crippen LogP contribution in [0.25, 0.3) is 52.9 Å². The van der Waals surface area contributed by atoms with Crippen molar-refractivity contribution in [1.29, 1.82) is 0 Å². The standard InChI is InChI=1S/C120H134S6/c1-13-25-37-99-85-121-111(101(99)39-27-15-3)79-61-87-49-67-93(68-50-87)95-71-53-89(54-72-95)63-81-113-103(41-29-17-5)107(45-33-21-9)117(123-113)119-109(47-35-23-11)105(43-31-19-7)115(125-119)83-65-91-57-75-97(76-58-91)98-77-59-92(60-78-98)66-84-116-106(44-32-20-8)110(48-36-24-12)120(126-116)118-108(46-34-22-10)104(42-30-18-6)114(124-118)82-64-90-55-73-96(74-56-90)94-69-51-88(52-70-94)62-80-112-102(40-28-16-4)100(86-122-112)38-26-14-2/h49-60,67-78,85-86H,13-48H2,1-12H3. The van der Waals surface area contributed by atoms with Gasteiger partial charge < -0.3 is 0 Å². The Balaban J connectivity index is 0.777. The monoisotopic (exact) mass is 1770 g/mol. The fourth-order valence-electron chi connectivity index (χ4n) is 16.8. The summed E-state index contributed by atoms with van der Waals surface area (Å²) in [7, 11) is 0. The van der Waals surface area contributed by atoms with E-state index in [2.05, 4.69) is 310 Å². The van der Waals surface area contributed by atoms with Gasteiger partial charge in [-0.1, -0.05) is 304 Å². The van der Waals surface area contributed by atoms with Crippen LogP contribution in [0, 0.1) is 71.0 Å². The minimum Gasteiger partial charge on any atom is -0.135 e. The SMILES string of the molecule is CCCCc1csc(C#Cc2ccc(-c3ccc(C#Cc4sc(-c5sc(C#Cc6ccc(-c7ccc(C#Cc8sc(-c9sc(C#Cc%10ccc(-c%11ccc(C#Cc%12scc(CCCC)c%12CCCC)cc%11)cc%10)c(CCCC)c9CCCC)c(CCCC)c8CCCC)cc7)cc6)c(CCCC)c5CCCC)c(CCCC)c4CCCC)cc3)cc2)c1CCCC. The van der Waals surface area contributed by atoms with E-state index in [0.717, 1.165) is 213 Å². The highest BCUT2D eigenvalue weighted by Gasteiger charge is 2.28. The summed E-state index contributed by atoms with van der Waals surface area (Å²) in [5, 5.41) is 4.72. The molecule has 0 bridgehead atoms. The molecule has 0 spiro atoms. The van der Waals surface area contributed by atoms with E-state index < -0.39 is 0 Å². The number of hydrogen-bond acceptors (Lipinski definition) is 6. The molecule has 0 amide bonds. The summed E-state index contributed by atoms with van der Waals surface area (Å²) < 4.78 is 0. The van der Waals surface area contributed by atoms with Crippen LogP contribution >= 0.6 is 68.0 Å². The first-order valence-corrected chi connectivity index (χ1v) is 53.5. The van der Waals surface area contributed by atoms with Crippen LogP contribution in [0.1, 0.15) is 367 Å². The van der Waals surface area contributed by atoms with Crippen LogP contribution in [0.2, 0.25) is 0 Å². The minimum absolute atomic E-state index is 1.04. The molecule has 126 heavy (non-hydrogen) atoms. The van der Waals surface area contributed by atoms with Crippen molar-refractivity contribution < 1.29 is 0 Å². The second-order valence-electron chi connectivity index (χ2n) is 34.2. The van der Waals surface area contributed by atoms with Gasteiger partial charge in [-0.3, -0.25) is 0 Å². The molecule has 0 N–H and O–H groups in total. The van der Waals surface area contributed by atoms with Gasteiger partial charge in [-0.2, -0.15) is 0 Å². The zero-order valence-corrected chi connectivity index (χ0v) is 82.8. The molecule has 6 heteroatoms. The fourth-order valence-corrected chi connectivity index (χ4v) is 24.2. The number of thiophene rings is 6. The van der Waals surface area contributed by atoms with Crippen LogP contribution in [0.5, 0.6) is 0 Å². The molecule has 0 nitrogen and oxygen atoms in total. The van der Waals surface area contributed by atoms with E-state index >= 15 is 0 Å². The Bertz CT molecular complexity index is 5500. The highest BCUT2D eigenvalue weighted by molar-refractivity contribution is 7.24. The third kappa shape index (κ3) is 26.1. The lowest BCUT2D eigenvalue weighted by Crippen LogP contribution is -1.97. The number of aryl methyl sites for hydroxylation is 2. The molecule has 6 heterocycles. The lowest BCUT2D eigenvalue weighted by molar-refractivity contribution is 0.759. The van der Waals surface area contributed by atoms with E-state index in [1.165, 1.54) is 200 Å². The number of rotatable bonds is 41. The van der Waals surface area contributed by atoms with Crippen LogP contribution in [0.4, 0.5) is 0 Å². The first-order chi connectivity index (χ1) is 62.0. The largest absolute Gasteiger partial charge is 0.135 e. The smallest absolute Gasteiger partial charge is 0.0813 e. The Morgan fingerprint density at radius 2 is 0.325 bits per heavy atom. The van der Waals surface area contributed by atoms with Gasteiger partial charge in [-0.05, 0) is 338 Å². The first kappa shape index (κ1) is 96.0. The zero-order chi connectivity index (χ0) is 88.2. The fraction of sp³-hybridized carbons (Fsp3) is 0.400. The maximum atomic E-state index is 3.86. The Hall–Kier alpha value is -9.12. The molecule has 0 radical (unpaired) electrons. The van der Waals surface area contributed by atoms with E-state index in [0.29, 0.717) is 0 Å². The molecular formula is C120H134S6. The van der Waals surface area contributed by atoms with E-state index in [9.17, 15) is 0 Å². The topological polar surface area (TPSA) is 0 Å². The molecule has 0 saturated carbocycles. The van der Waals surface area contributed by atoms with Crippen LogP contribution < -0.4 is 0 Å². The summed E-state index contributed by atoms with van der Waals surface area (Å²) in [5.74, 6) is 44.4. The van der Waals surface area contributed by atoms with E-state index in [1.54, 1.807) is 0 Å². The normalized spacial score (nSPS) is 11.0. The second kappa shape index (κ2) is 51.2. The van der Waals surface area contributed by atoms with Crippen LogP contribution in [0.3, 0.4) is 0 Å². The van der Waals surface area contributed by atoms with Gasteiger partial charge >= 0.3 is 0 Å². The maximum absolute atomic E-state index is 3.86. The van der Waals surface area contributed by atoms with Crippen molar-refractivity contribution in [3.63, 3.8) is 0 Å². The molecule has 0 unspecified atom stereocenters. The predicted octanol–water partition coefficient (Wildman–Crippen LogP) is 34.9. The summed E-state index contributed by atoms with van der Waals surface area (Å²) in [4.78, 5) is 13.2. The Morgan fingerprint density at radius 3 is 0.508 bits per heavy atom. The summed E-state index contributed by atoms with van der Waals surface area (Å²) in [5.41, 5.74) is 31.4. The third-order valence-corrected chi connectivity index (χ3v) is 31.5. The molecular weight excluding hydrogens is 1630 g/mol. The molecule has 0 saturated heterocycles. The van der Waals surface area contributed by atoms with Gasteiger partial charge in [-0.25, -0.2) is 0 Å². The van der Waals surface area contributed by atoms with Gasteiger partial charge in [0, 0.05) is 52.9 Å². The highest BCUT2D eigenvalue weighted by Crippen LogP contribution is 2.49. The van der Waals surface area contributed by atoms with Crippen molar-refractivity contribution in [2.24, 2.45) is 0 Å². The average Bonchev–Trinajstić information content (AvgIpc) is 1.61. The number of hydrogen-bond donors (Lipinski definition) is 0. The molecule has 12 aromatic rings. The molecule has 0 aliphatic rings. The van der Waals surface area contributed by atoms with Crippen molar-refractivity contribution in [3.05, 3.63) is 286 Å². The quantitative estimate of drug-likeness (QED) is 0.0335. The van der Waals surface area contributed by atoms with Gasteiger partial charge in [0.25, 0.3) is 0 Å². The molecule has 6 aromatic carbocycles. The Morgan fingerprint density at radius 1 is 0.167 bits per heavy atom. The van der Waals surface area contributed by atoms with Gasteiger partial charge in [0.1, 0.15) is 0 Å². The molecule has 0 atom stereocenters. The summed E-state index contributed by atoms with van der Waals surface area (Å²) >= 11 is 11.5. The van der Waals surface area contributed by atoms with Crippen LogP contribution in [0.15, 0.2) is 156 Å². The summed E-state index contributed by atoms with van der Waals surface area (Å²) in [6, 6.07) is 53.3.